The summed E-state index contributed by atoms with van der Waals surface area (Å²) in [6.45, 7) is 2.38. The van der Waals surface area contributed by atoms with Gasteiger partial charge in [-0.1, -0.05) is 12.1 Å². The molecule has 1 atom stereocenters. The lowest BCUT2D eigenvalue weighted by Crippen LogP contribution is -2.37. The van der Waals surface area contributed by atoms with Crippen molar-refractivity contribution in [3.05, 3.63) is 29.8 Å². The Labute approximate surface area is 130 Å². The second-order valence-corrected chi connectivity index (χ2v) is 7.18. The first kappa shape index (κ1) is 18.1. The standard InChI is InChI=1S/C14H21N3O4S/c1-10(17(2)9-8-13(18)16-14(15)19)11-4-6-12(7-5-11)22(3,20)21/h4-7,10H,8-9H2,1-3H3,(H3,15,16,18,19). The molecule has 1 unspecified atom stereocenters. The van der Waals surface area contributed by atoms with Gasteiger partial charge < -0.3 is 5.73 Å². The van der Waals surface area contributed by atoms with Gasteiger partial charge in [-0.3, -0.25) is 15.0 Å². The van der Waals surface area contributed by atoms with Gasteiger partial charge in [0.15, 0.2) is 9.84 Å². The molecule has 22 heavy (non-hydrogen) atoms. The predicted octanol–water partition coefficient (Wildman–Crippen LogP) is 0.668. The zero-order valence-corrected chi connectivity index (χ0v) is 13.7. The van der Waals surface area contributed by atoms with Crippen LogP contribution >= 0.6 is 0 Å². The molecule has 3 N–H and O–H groups in total. The molecule has 8 heteroatoms. The summed E-state index contributed by atoms with van der Waals surface area (Å²) in [5.41, 5.74) is 5.80. The molecule has 7 nitrogen and oxygen atoms in total. The Kier molecular flexibility index (Phi) is 6.07. The van der Waals surface area contributed by atoms with E-state index in [4.69, 9.17) is 5.73 Å². The number of benzene rings is 1. The molecule has 122 valence electrons. The lowest BCUT2D eigenvalue weighted by Gasteiger charge is -2.24. The minimum atomic E-state index is -3.21. The number of primary amides is 1. The lowest BCUT2D eigenvalue weighted by molar-refractivity contribution is -0.120. The topological polar surface area (TPSA) is 110 Å². The van der Waals surface area contributed by atoms with E-state index in [-0.39, 0.29) is 17.4 Å². The van der Waals surface area contributed by atoms with E-state index >= 15 is 0 Å². The fourth-order valence-corrected chi connectivity index (χ4v) is 2.55. The van der Waals surface area contributed by atoms with Crippen LogP contribution in [0.5, 0.6) is 0 Å². The molecular weight excluding hydrogens is 306 g/mol. The Balaban J connectivity index is 2.65. The van der Waals surface area contributed by atoms with Crippen LogP contribution in [-0.4, -0.2) is 45.1 Å². The maximum absolute atomic E-state index is 11.4. The van der Waals surface area contributed by atoms with Crippen LogP contribution in [0.4, 0.5) is 4.79 Å². The van der Waals surface area contributed by atoms with Crippen LogP contribution in [0.1, 0.15) is 24.9 Å². The zero-order valence-electron chi connectivity index (χ0n) is 12.9. The molecule has 0 radical (unpaired) electrons. The number of nitrogens with one attached hydrogen (secondary N) is 1. The minimum absolute atomic E-state index is 0.00464. The molecule has 0 spiro atoms. The predicted molar refractivity (Wildman–Crippen MR) is 82.9 cm³/mol. The Hall–Kier alpha value is -1.93. The van der Waals surface area contributed by atoms with E-state index in [1.54, 1.807) is 24.3 Å². The summed E-state index contributed by atoms with van der Waals surface area (Å²) >= 11 is 0. The highest BCUT2D eigenvalue weighted by atomic mass is 32.2. The molecule has 0 fully saturated rings. The van der Waals surface area contributed by atoms with Crippen molar-refractivity contribution in [1.29, 1.82) is 0 Å². The number of sulfone groups is 1. The van der Waals surface area contributed by atoms with Gasteiger partial charge in [-0.2, -0.15) is 0 Å². The van der Waals surface area contributed by atoms with Gasteiger partial charge in [0.25, 0.3) is 0 Å². The maximum atomic E-state index is 11.4. The van der Waals surface area contributed by atoms with Gasteiger partial charge in [0.1, 0.15) is 0 Å². The first-order chi connectivity index (χ1) is 10.1. The van der Waals surface area contributed by atoms with Crippen molar-refractivity contribution in [2.45, 2.75) is 24.3 Å². The van der Waals surface area contributed by atoms with Gasteiger partial charge in [0.2, 0.25) is 5.91 Å². The smallest absolute Gasteiger partial charge is 0.318 e. The molecule has 0 heterocycles. The van der Waals surface area contributed by atoms with Crippen molar-refractivity contribution in [2.24, 2.45) is 5.73 Å². The van der Waals surface area contributed by atoms with Crippen LogP contribution < -0.4 is 11.1 Å². The van der Waals surface area contributed by atoms with Gasteiger partial charge in [-0.05, 0) is 31.7 Å². The van der Waals surface area contributed by atoms with Crippen molar-refractivity contribution >= 4 is 21.8 Å². The van der Waals surface area contributed by atoms with Crippen LogP contribution in [0.15, 0.2) is 29.2 Å². The average Bonchev–Trinajstić information content (AvgIpc) is 2.42. The van der Waals surface area contributed by atoms with Gasteiger partial charge in [-0.15, -0.1) is 0 Å². The number of nitrogens with two attached hydrogens (primary N) is 1. The summed E-state index contributed by atoms with van der Waals surface area (Å²) in [4.78, 5) is 24.1. The first-order valence-corrected chi connectivity index (χ1v) is 8.60. The van der Waals surface area contributed by atoms with E-state index < -0.39 is 21.8 Å². The molecule has 0 aromatic heterocycles. The summed E-state index contributed by atoms with van der Waals surface area (Å²) in [6, 6.07) is 5.76. The number of imide groups is 1. The largest absolute Gasteiger partial charge is 0.351 e. The Bertz CT molecular complexity index is 641. The van der Waals surface area contributed by atoms with Crippen molar-refractivity contribution in [3.8, 4) is 0 Å². The molecule has 0 aliphatic carbocycles. The zero-order chi connectivity index (χ0) is 16.9. The second-order valence-electron chi connectivity index (χ2n) is 5.16. The van der Waals surface area contributed by atoms with Crippen LogP contribution in [0.2, 0.25) is 0 Å². The van der Waals surface area contributed by atoms with Gasteiger partial charge >= 0.3 is 6.03 Å². The Morgan fingerprint density at radius 1 is 1.27 bits per heavy atom. The van der Waals surface area contributed by atoms with Gasteiger partial charge in [0.05, 0.1) is 4.90 Å². The summed E-state index contributed by atoms with van der Waals surface area (Å²) in [5.74, 6) is -0.432. The van der Waals surface area contributed by atoms with Crippen LogP contribution in [0.25, 0.3) is 0 Å². The molecular formula is C14H21N3O4S. The molecule has 0 saturated carbocycles. The van der Waals surface area contributed by atoms with Gasteiger partial charge in [-0.25, -0.2) is 13.2 Å². The second kappa shape index (κ2) is 7.37. The molecule has 0 aliphatic rings. The number of carbonyl (C=O) groups excluding carboxylic acids is 2. The van der Waals surface area contributed by atoms with E-state index in [1.165, 1.54) is 0 Å². The van der Waals surface area contributed by atoms with Crippen molar-refractivity contribution in [3.63, 3.8) is 0 Å². The van der Waals surface area contributed by atoms with Crippen molar-refractivity contribution < 1.29 is 18.0 Å². The van der Waals surface area contributed by atoms with E-state index in [9.17, 15) is 18.0 Å². The lowest BCUT2D eigenvalue weighted by atomic mass is 10.1. The summed E-state index contributed by atoms with van der Waals surface area (Å²) < 4.78 is 22.8. The van der Waals surface area contributed by atoms with E-state index in [0.717, 1.165) is 11.8 Å². The van der Waals surface area contributed by atoms with Crippen molar-refractivity contribution in [1.82, 2.24) is 10.2 Å². The number of hydrogen-bond donors (Lipinski definition) is 2. The Morgan fingerprint density at radius 2 is 1.82 bits per heavy atom. The highest BCUT2D eigenvalue weighted by Crippen LogP contribution is 2.20. The van der Waals surface area contributed by atoms with Crippen molar-refractivity contribution in [2.75, 3.05) is 19.8 Å². The molecule has 0 saturated heterocycles. The highest BCUT2D eigenvalue weighted by Gasteiger charge is 2.15. The average molecular weight is 327 g/mol. The summed E-state index contributed by atoms with van der Waals surface area (Å²) in [6.07, 6.45) is 1.31. The molecule has 1 aromatic carbocycles. The molecule has 3 amide bonds. The van der Waals surface area contributed by atoms with E-state index in [2.05, 4.69) is 0 Å². The number of rotatable bonds is 6. The normalized spacial score (nSPS) is 12.9. The third-order valence-corrected chi connectivity index (χ3v) is 4.53. The molecule has 1 aromatic rings. The number of amides is 3. The third kappa shape index (κ3) is 5.45. The Morgan fingerprint density at radius 3 is 2.27 bits per heavy atom. The first-order valence-electron chi connectivity index (χ1n) is 6.71. The van der Waals surface area contributed by atoms with Crippen LogP contribution in [0, 0.1) is 0 Å². The number of urea groups is 1. The summed E-state index contributed by atoms with van der Waals surface area (Å²) in [7, 11) is -1.37. The minimum Gasteiger partial charge on any atom is -0.351 e. The third-order valence-electron chi connectivity index (χ3n) is 3.41. The molecule has 0 bridgehead atoms. The highest BCUT2D eigenvalue weighted by molar-refractivity contribution is 7.90. The fourth-order valence-electron chi connectivity index (χ4n) is 1.92. The molecule has 0 aliphatic heterocycles. The van der Waals surface area contributed by atoms with E-state index in [1.807, 2.05) is 24.2 Å². The molecule has 1 rings (SSSR count). The SMILES string of the molecule is CC(c1ccc(S(C)(=O)=O)cc1)N(C)CCC(=O)NC(N)=O. The number of nitrogens with zero attached hydrogens (tertiary/aromatic N) is 1. The quantitative estimate of drug-likeness (QED) is 0.798. The van der Waals surface area contributed by atoms with Crippen LogP contribution in [0.3, 0.4) is 0 Å². The monoisotopic (exact) mass is 327 g/mol. The maximum Gasteiger partial charge on any atom is 0.318 e. The van der Waals surface area contributed by atoms with E-state index in [0.29, 0.717) is 6.54 Å². The fraction of sp³-hybridized carbons (Fsp3) is 0.429. The summed E-state index contributed by atoms with van der Waals surface area (Å²) in [5, 5.41) is 2.01. The van der Waals surface area contributed by atoms with Gasteiger partial charge in [0, 0.05) is 25.3 Å². The van der Waals surface area contributed by atoms with Crippen LogP contribution in [-0.2, 0) is 14.6 Å². The number of carbonyl (C=O) groups is 2. The number of hydrogen-bond acceptors (Lipinski definition) is 5.